The fourth-order valence-corrected chi connectivity index (χ4v) is 2.81. The number of nitrogens with two attached hydrogens (primary N) is 1. The summed E-state index contributed by atoms with van der Waals surface area (Å²) < 4.78 is 42.8. The zero-order chi connectivity index (χ0) is 18.9. The van der Waals surface area contributed by atoms with Crippen LogP contribution < -0.4 is 10.6 Å². The highest BCUT2D eigenvalue weighted by atomic mass is 19.4. The van der Waals surface area contributed by atoms with Crippen LogP contribution in [0.25, 0.3) is 0 Å². The van der Waals surface area contributed by atoms with E-state index in [4.69, 9.17) is 10.5 Å². The molecule has 0 unspecified atom stereocenters. The summed E-state index contributed by atoms with van der Waals surface area (Å²) in [5, 5.41) is 0. The van der Waals surface area contributed by atoms with Gasteiger partial charge in [-0.1, -0.05) is 18.2 Å². The lowest BCUT2D eigenvalue weighted by Gasteiger charge is -2.17. The molecule has 2 aromatic carbocycles. The van der Waals surface area contributed by atoms with E-state index >= 15 is 0 Å². The number of halogens is 3. The predicted octanol–water partition coefficient (Wildman–Crippen LogP) is 3.03. The number of hydrogen-bond donors (Lipinski definition) is 1. The average Bonchev–Trinajstić information content (AvgIpc) is 3.02. The highest BCUT2D eigenvalue weighted by molar-refractivity contribution is 6.00. The molecule has 8 heteroatoms. The minimum Gasteiger partial charge on any atom is -0.452 e. The van der Waals surface area contributed by atoms with Crippen LogP contribution in [0.2, 0.25) is 0 Å². The number of amides is 1. The molecule has 0 saturated heterocycles. The van der Waals surface area contributed by atoms with E-state index in [1.54, 1.807) is 12.1 Å². The topological polar surface area (TPSA) is 72.6 Å². The zero-order valence-corrected chi connectivity index (χ0v) is 13.5. The highest BCUT2D eigenvalue weighted by Crippen LogP contribution is 2.31. The molecule has 5 nitrogen and oxygen atoms in total. The van der Waals surface area contributed by atoms with Gasteiger partial charge in [0.1, 0.15) is 0 Å². The quantitative estimate of drug-likeness (QED) is 0.671. The maximum Gasteiger partial charge on any atom is 0.416 e. The van der Waals surface area contributed by atoms with Gasteiger partial charge in [0.2, 0.25) is 0 Å². The van der Waals surface area contributed by atoms with Gasteiger partial charge in [-0.15, -0.1) is 0 Å². The minimum absolute atomic E-state index is 0.215. The summed E-state index contributed by atoms with van der Waals surface area (Å²) in [6.07, 6.45) is -3.85. The van der Waals surface area contributed by atoms with E-state index in [1.807, 2.05) is 12.1 Å². The summed E-state index contributed by atoms with van der Waals surface area (Å²) in [5.41, 5.74) is 5.77. The van der Waals surface area contributed by atoms with Crippen molar-refractivity contribution in [3.8, 4) is 0 Å². The summed E-state index contributed by atoms with van der Waals surface area (Å²) in [7, 11) is 0. The van der Waals surface area contributed by atoms with Crippen LogP contribution in [0.3, 0.4) is 0 Å². The second-order valence-corrected chi connectivity index (χ2v) is 5.80. The number of benzene rings is 2. The van der Waals surface area contributed by atoms with E-state index in [0.717, 1.165) is 23.4 Å². The number of fused-ring (bicyclic) bond motifs is 1. The fourth-order valence-electron chi connectivity index (χ4n) is 2.81. The predicted molar refractivity (Wildman–Crippen MR) is 88.6 cm³/mol. The van der Waals surface area contributed by atoms with Gasteiger partial charge in [-0.05, 0) is 36.2 Å². The third-order valence-corrected chi connectivity index (χ3v) is 4.11. The van der Waals surface area contributed by atoms with E-state index in [-0.39, 0.29) is 11.3 Å². The standard InChI is InChI=1S/C18H15F3N2O3/c19-18(20,21)12-5-6-13(14(22)9-12)17(25)26-10-16(24)23-8-7-11-3-1-2-4-15(11)23/h1-6,9H,7-8,10,22H2. The molecule has 136 valence electrons. The van der Waals surface area contributed by atoms with Gasteiger partial charge in [0, 0.05) is 17.9 Å². The van der Waals surface area contributed by atoms with E-state index in [1.165, 1.54) is 4.90 Å². The van der Waals surface area contributed by atoms with Crippen molar-refractivity contribution in [1.29, 1.82) is 0 Å². The Kier molecular flexibility index (Phi) is 4.58. The van der Waals surface area contributed by atoms with E-state index in [9.17, 15) is 22.8 Å². The van der Waals surface area contributed by atoms with Crippen molar-refractivity contribution >= 4 is 23.3 Å². The Morgan fingerprint density at radius 3 is 2.58 bits per heavy atom. The van der Waals surface area contributed by atoms with Gasteiger partial charge >= 0.3 is 12.1 Å². The molecule has 0 saturated carbocycles. The SMILES string of the molecule is Nc1cc(C(F)(F)F)ccc1C(=O)OCC(=O)N1CCc2ccccc21. The number of anilines is 2. The first-order valence-electron chi connectivity index (χ1n) is 7.79. The lowest BCUT2D eigenvalue weighted by atomic mass is 10.1. The van der Waals surface area contributed by atoms with Crippen LogP contribution in [-0.4, -0.2) is 25.0 Å². The molecule has 1 aliphatic heterocycles. The van der Waals surface area contributed by atoms with Crippen LogP contribution in [-0.2, 0) is 22.1 Å². The molecule has 3 rings (SSSR count). The van der Waals surface area contributed by atoms with Crippen molar-refractivity contribution in [3.05, 3.63) is 59.2 Å². The smallest absolute Gasteiger partial charge is 0.416 e. The second kappa shape index (κ2) is 6.70. The average molecular weight is 364 g/mol. The van der Waals surface area contributed by atoms with Crippen LogP contribution >= 0.6 is 0 Å². The minimum atomic E-state index is -4.56. The number of nitrogens with zero attached hydrogens (tertiary/aromatic N) is 1. The molecular formula is C18H15F3N2O3. The fraction of sp³-hybridized carbons (Fsp3) is 0.222. The Bertz CT molecular complexity index is 865. The normalized spacial score (nSPS) is 13.4. The number of carbonyl (C=O) groups excluding carboxylic acids is 2. The number of hydrogen-bond acceptors (Lipinski definition) is 4. The van der Waals surface area contributed by atoms with Crippen molar-refractivity contribution < 1.29 is 27.5 Å². The van der Waals surface area contributed by atoms with Gasteiger partial charge in [-0.25, -0.2) is 4.79 Å². The number of nitrogen functional groups attached to an aromatic ring is 1. The summed E-state index contributed by atoms with van der Waals surface area (Å²) in [5.74, 6) is -1.36. The first-order valence-corrected chi connectivity index (χ1v) is 7.79. The number of ether oxygens (including phenoxy) is 1. The zero-order valence-electron chi connectivity index (χ0n) is 13.5. The van der Waals surface area contributed by atoms with Crippen LogP contribution in [0.15, 0.2) is 42.5 Å². The number of alkyl halides is 3. The highest BCUT2D eigenvalue weighted by Gasteiger charge is 2.31. The third kappa shape index (κ3) is 3.49. The van der Waals surface area contributed by atoms with Crippen molar-refractivity contribution in [2.75, 3.05) is 23.8 Å². The maximum absolute atomic E-state index is 12.6. The third-order valence-electron chi connectivity index (χ3n) is 4.11. The lowest BCUT2D eigenvalue weighted by molar-refractivity contribution is -0.137. The Morgan fingerprint density at radius 1 is 1.15 bits per heavy atom. The summed E-state index contributed by atoms with van der Waals surface area (Å²) in [4.78, 5) is 25.8. The molecule has 26 heavy (non-hydrogen) atoms. The first-order chi connectivity index (χ1) is 12.3. The molecule has 2 aromatic rings. The molecule has 1 aliphatic rings. The molecule has 0 spiro atoms. The molecule has 0 atom stereocenters. The molecule has 1 amide bonds. The Labute approximate surface area is 147 Å². The number of rotatable bonds is 3. The van der Waals surface area contributed by atoms with Crippen molar-refractivity contribution in [2.45, 2.75) is 12.6 Å². The van der Waals surface area contributed by atoms with E-state index < -0.39 is 30.2 Å². The van der Waals surface area contributed by atoms with Crippen LogP contribution in [0.1, 0.15) is 21.5 Å². The molecule has 0 bridgehead atoms. The molecule has 2 N–H and O–H groups in total. The molecular weight excluding hydrogens is 349 g/mol. The van der Waals surface area contributed by atoms with Crippen molar-refractivity contribution in [1.82, 2.24) is 0 Å². The number of esters is 1. The van der Waals surface area contributed by atoms with Gasteiger partial charge < -0.3 is 15.4 Å². The summed E-state index contributed by atoms with van der Waals surface area (Å²) in [6.45, 7) is -0.0359. The Hall–Kier alpha value is -3.03. The van der Waals surface area contributed by atoms with Crippen LogP contribution in [0.4, 0.5) is 24.5 Å². The van der Waals surface area contributed by atoms with Crippen molar-refractivity contribution in [2.24, 2.45) is 0 Å². The van der Waals surface area contributed by atoms with Gasteiger partial charge in [0.05, 0.1) is 11.1 Å². The second-order valence-electron chi connectivity index (χ2n) is 5.80. The molecule has 0 radical (unpaired) electrons. The largest absolute Gasteiger partial charge is 0.452 e. The van der Waals surface area contributed by atoms with Gasteiger partial charge in [0.25, 0.3) is 5.91 Å². The van der Waals surface area contributed by atoms with Gasteiger partial charge in [0.15, 0.2) is 6.61 Å². The van der Waals surface area contributed by atoms with E-state index in [0.29, 0.717) is 19.0 Å². The Balaban J connectivity index is 1.65. The Morgan fingerprint density at radius 2 is 1.88 bits per heavy atom. The van der Waals surface area contributed by atoms with Crippen molar-refractivity contribution in [3.63, 3.8) is 0 Å². The van der Waals surface area contributed by atoms with Gasteiger partial charge in [-0.2, -0.15) is 13.2 Å². The first kappa shape index (κ1) is 17.8. The molecule has 1 heterocycles. The molecule has 0 aliphatic carbocycles. The summed E-state index contributed by atoms with van der Waals surface area (Å²) >= 11 is 0. The summed E-state index contributed by atoms with van der Waals surface area (Å²) in [6, 6.07) is 9.74. The lowest BCUT2D eigenvalue weighted by Crippen LogP contribution is -2.33. The monoisotopic (exact) mass is 364 g/mol. The van der Waals surface area contributed by atoms with Crippen LogP contribution in [0, 0.1) is 0 Å². The van der Waals surface area contributed by atoms with E-state index in [2.05, 4.69) is 0 Å². The number of carbonyl (C=O) groups is 2. The number of para-hydroxylation sites is 1. The molecule has 0 fully saturated rings. The van der Waals surface area contributed by atoms with Gasteiger partial charge in [-0.3, -0.25) is 4.79 Å². The van der Waals surface area contributed by atoms with Crippen LogP contribution in [0.5, 0.6) is 0 Å². The maximum atomic E-state index is 12.6. The molecule has 0 aromatic heterocycles.